The second-order valence-electron chi connectivity index (χ2n) is 9.36. The SMILES string of the molecule is CCOC(C)c1nc2cc(-c3noc(=O)[nH]3)nc(-c3cncc(Cl)c3)c2n1CC1CCC(C)CC1. The summed E-state index contributed by atoms with van der Waals surface area (Å²) >= 11 is 6.30. The zero-order valence-electron chi connectivity index (χ0n) is 20.1. The lowest BCUT2D eigenvalue weighted by atomic mass is 9.83. The molecule has 0 aromatic carbocycles. The highest BCUT2D eigenvalue weighted by molar-refractivity contribution is 6.30. The Balaban J connectivity index is 1.73. The van der Waals surface area contributed by atoms with Gasteiger partial charge >= 0.3 is 5.76 Å². The monoisotopic (exact) mass is 496 g/mol. The van der Waals surface area contributed by atoms with Gasteiger partial charge in [0.2, 0.25) is 5.82 Å². The molecule has 9 nitrogen and oxygen atoms in total. The number of nitrogens with one attached hydrogen (secondary N) is 1. The van der Waals surface area contributed by atoms with E-state index in [-0.39, 0.29) is 11.9 Å². The number of fused-ring (bicyclic) bond motifs is 1. The van der Waals surface area contributed by atoms with Gasteiger partial charge in [0, 0.05) is 31.1 Å². The lowest BCUT2D eigenvalue weighted by molar-refractivity contribution is 0.0667. The second-order valence-corrected chi connectivity index (χ2v) is 9.80. The van der Waals surface area contributed by atoms with Crippen LogP contribution in [-0.4, -0.2) is 36.3 Å². The number of H-pyrrole nitrogens is 1. The number of hydrogen-bond donors (Lipinski definition) is 1. The maximum absolute atomic E-state index is 11.6. The maximum atomic E-state index is 11.6. The molecule has 1 aliphatic carbocycles. The van der Waals surface area contributed by atoms with Crippen molar-refractivity contribution in [3.05, 3.63) is 45.9 Å². The van der Waals surface area contributed by atoms with Crippen LogP contribution < -0.4 is 5.76 Å². The molecule has 35 heavy (non-hydrogen) atoms. The zero-order chi connectivity index (χ0) is 24.5. The normalized spacial score (nSPS) is 19.3. The van der Waals surface area contributed by atoms with Gasteiger partial charge in [-0.3, -0.25) is 14.5 Å². The predicted octanol–water partition coefficient (Wildman–Crippen LogP) is 5.41. The molecular weight excluding hydrogens is 468 g/mol. The average Bonchev–Trinajstić information content (AvgIpc) is 3.44. The minimum atomic E-state index is -0.643. The standard InChI is InChI=1S/C25H29ClN6O3/c1-4-34-15(3)24-29-19-10-20(23-30-25(33)35-31-23)28-21(17-9-18(26)12-27-11-17)22(19)32(24)13-16-7-5-14(2)6-8-16/h9-12,14-16H,4-8,13H2,1-3H3,(H,30,31,33). The van der Waals surface area contributed by atoms with Gasteiger partial charge in [-0.2, -0.15) is 0 Å². The molecule has 4 aromatic heterocycles. The first kappa shape index (κ1) is 23.7. The van der Waals surface area contributed by atoms with E-state index in [0.29, 0.717) is 28.9 Å². The summed E-state index contributed by atoms with van der Waals surface area (Å²) in [5.41, 5.74) is 3.50. The summed E-state index contributed by atoms with van der Waals surface area (Å²) in [5, 5.41) is 4.34. The first-order valence-corrected chi connectivity index (χ1v) is 12.5. The largest absolute Gasteiger partial charge is 0.439 e. The average molecular weight is 497 g/mol. The Morgan fingerprint density at radius 1 is 1.23 bits per heavy atom. The number of aromatic amines is 1. The van der Waals surface area contributed by atoms with Gasteiger partial charge in [-0.05, 0) is 50.7 Å². The smallest absolute Gasteiger partial charge is 0.371 e. The molecule has 1 saturated carbocycles. The molecule has 4 heterocycles. The number of hydrogen-bond acceptors (Lipinski definition) is 7. The van der Waals surface area contributed by atoms with Gasteiger partial charge in [-0.1, -0.05) is 36.5 Å². The van der Waals surface area contributed by atoms with Crippen molar-refractivity contribution in [2.45, 2.75) is 59.1 Å². The molecule has 184 valence electrons. The summed E-state index contributed by atoms with van der Waals surface area (Å²) in [5.74, 6) is 1.77. The van der Waals surface area contributed by atoms with Gasteiger partial charge in [0.1, 0.15) is 17.6 Å². The highest BCUT2D eigenvalue weighted by atomic mass is 35.5. The van der Waals surface area contributed by atoms with Gasteiger partial charge in [0.05, 0.1) is 21.7 Å². The highest BCUT2D eigenvalue weighted by Crippen LogP contribution is 2.36. The molecular formula is C25H29ClN6O3. The predicted molar refractivity (Wildman–Crippen MR) is 133 cm³/mol. The van der Waals surface area contributed by atoms with E-state index in [9.17, 15) is 4.79 Å². The van der Waals surface area contributed by atoms with Crippen LogP contribution in [0.4, 0.5) is 0 Å². The van der Waals surface area contributed by atoms with Crippen LogP contribution >= 0.6 is 11.6 Å². The Bertz CT molecular complexity index is 1390. The van der Waals surface area contributed by atoms with Gasteiger partial charge in [-0.25, -0.2) is 14.8 Å². The third-order valence-corrected chi connectivity index (χ3v) is 6.98. The summed E-state index contributed by atoms with van der Waals surface area (Å²) in [7, 11) is 0. The van der Waals surface area contributed by atoms with E-state index < -0.39 is 5.76 Å². The van der Waals surface area contributed by atoms with Crippen LogP contribution in [0.15, 0.2) is 33.8 Å². The fourth-order valence-electron chi connectivity index (χ4n) is 4.97. The topological polar surface area (TPSA) is 112 Å². The lowest BCUT2D eigenvalue weighted by Crippen LogP contribution is -2.20. The van der Waals surface area contributed by atoms with E-state index in [0.717, 1.165) is 34.9 Å². The molecule has 0 aliphatic heterocycles. The number of ether oxygens (including phenoxy) is 1. The van der Waals surface area contributed by atoms with Crippen LogP contribution in [0, 0.1) is 11.8 Å². The van der Waals surface area contributed by atoms with Crippen LogP contribution in [0.2, 0.25) is 5.02 Å². The fraction of sp³-hybridized carbons (Fsp3) is 0.480. The van der Waals surface area contributed by atoms with Crippen molar-refractivity contribution in [2.24, 2.45) is 11.8 Å². The van der Waals surface area contributed by atoms with Crippen molar-refractivity contribution < 1.29 is 9.26 Å². The minimum Gasteiger partial charge on any atom is -0.371 e. The molecule has 0 bridgehead atoms. The summed E-state index contributed by atoms with van der Waals surface area (Å²) in [4.78, 5) is 28.4. The lowest BCUT2D eigenvalue weighted by Gasteiger charge is -2.28. The molecule has 0 spiro atoms. The van der Waals surface area contributed by atoms with E-state index in [1.165, 1.54) is 25.7 Å². The van der Waals surface area contributed by atoms with E-state index in [1.807, 2.05) is 26.0 Å². The van der Waals surface area contributed by atoms with Crippen LogP contribution in [0.25, 0.3) is 33.8 Å². The van der Waals surface area contributed by atoms with Gasteiger partial charge in [0.15, 0.2) is 0 Å². The number of pyridine rings is 2. The summed E-state index contributed by atoms with van der Waals surface area (Å²) < 4.78 is 13.0. The number of halogens is 1. The zero-order valence-corrected chi connectivity index (χ0v) is 20.9. The van der Waals surface area contributed by atoms with Crippen LogP contribution in [-0.2, 0) is 11.3 Å². The minimum absolute atomic E-state index is 0.199. The quantitative estimate of drug-likeness (QED) is 0.363. The van der Waals surface area contributed by atoms with Crippen molar-refractivity contribution >= 4 is 22.6 Å². The van der Waals surface area contributed by atoms with E-state index in [1.54, 1.807) is 12.4 Å². The van der Waals surface area contributed by atoms with Crippen molar-refractivity contribution in [1.29, 1.82) is 0 Å². The maximum Gasteiger partial charge on any atom is 0.439 e. The molecule has 1 N–H and O–H groups in total. The fourth-order valence-corrected chi connectivity index (χ4v) is 5.14. The van der Waals surface area contributed by atoms with Crippen molar-refractivity contribution in [3.8, 4) is 22.8 Å². The van der Waals surface area contributed by atoms with Crippen LogP contribution in [0.5, 0.6) is 0 Å². The van der Waals surface area contributed by atoms with E-state index >= 15 is 0 Å². The molecule has 5 rings (SSSR count). The third-order valence-electron chi connectivity index (χ3n) is 6.77. The molecule has 4 aromatic rings. The van der Waals surface area contributed by atoms with E-state index in [2.05, 4.69) is 26.6 Å². The summed E-state index contributed by atoms with van der Waals surface area (Å²) in [6.07, 6.45) is 7.96. The number of imidazole rings is 1. The molecule has 1 unspecified atom stereocenters. The second kappa shape index (κ2) is 9.91. The number of aromatic nitrogens is 6. The van der Waals surface area contributed by atoms with Crippen LogP contribution in [0.3, 0.4) is 0 Å². The third kappa shape index (κ3) is 4.88. The Kier molecular flexibility index (Phi) is 6.71. The van der Waals surface area contributed by atoms with Crippen molar-refractivity contribution in [2.75, 3.05) is 6.61 Å². The molecule has 0 radical (unpaired) electrons. The molecule has 0 saturated heterocycles. The van der Waals surface area contributed by atoms with Gasteiger partial charge < -0.3 is 9.30 Å². The first-order chi connectivity index (χ1) is 16.9. The molecule has 10 heteroatoms. The van der Waals surface area contributed by atoms with Crippen molar-refractivity contribution in [1.82, 2.24) is 29.7 Å². The van der Waals surface area contributed by atoms with Gasteiger partial charge in [0.25, 0.3) is 0 Å². The summed E-state index contributed by atoms with van der Waals surface area (Å²) in [6.45, 7) is 7.75. The van der Waals surface area contributed by atoms with Crippen molar-refractivity contribution in [3.63, 3.8) is 0 Å². The Morgan fingerprint density at radius 3 is 2.71 bits per heavy atom. The molecule has 1 atom stereocenters. The Morgan fingerprint density at radius 2 is 2.03 bits per heavy atom. The van der Waals surface area contributed by atoms with Crippen LogP contribution in [0.1, 0.15) is 58.4 Å². The summed E-state index contributed by atoms with van der Waals surface area (Å²) in [6, 6.07) is 3.66. The Labute approximate surface area is 207 Å². The molecule has 1 fully saturated rings. The first-order valence-electron chi connectivity index (χ1n) is 12.1. The highest BCUT2D eigenvalue weighted by Gasteiger charge is 2.26. The Hall–Kier alpha value is -3.04. The van der Waals surface area contributed by atoms with Gasteiger partial charge in [-0.15, -0.1) is 0 Å². The van der Waals surface area contributed by atoms with E-state index in [4.69, 9.17) is 30.8 Å². The number of nitrogens with zero attached hydrogens (tertiary/aromatic N) is 5. The molecule has 1 aliphatic rings. The molecule has 0 amide bonds. The number of rotatable bonds is 7.